The lowest BCUT2D eigenvalue weighted by molar-refractivity contribution is -0.0115. The van der Waals surface area contributed by atoms with Gasteiger partial charge in [-0.15, -0.1) is 0 Å². The highest BCUT2D eigenvalue weighted by molar-refractivity contribution is 4.90. The summed E-state index contributed by atoms with van der Waals surface area (Å²) in [4.78, 5) is 2.56. The summed E-state index contributed by atoms with van der Waals surface area (Å²) in [5, 5.41) is 3.47. The van der Waals surface area contributed by atoms with Crippen molar-refractivity contribution >= 4 is 0 Å². The molecule has 3 heteroatoms. The van der Waals surface area contributed by atoms with Gasteiger partial charge in [-0.25, -0.2) is 0 Å². The van der Waals surface area contributed by atoms with E-state index in [0.29, 0.717) is 0 Å². The molecule has 0 aromatic heterocycles. The molecule has 0 aromatic rings. The van der Waals surface area contributed by atoms with Crippen LogP contribution in [0.4, 0.5) is 0 Å². The summed E-state index contributed by atoms with van der Waals surface area (Å²) < 4.78 is 5.76. The minimum absolute atomic E-state index is 0.0111. The molecule has 0 saturated carbocycles. The van der Waals surface area contributed by atoms with Gasteiger partial charge < -0.3 is 15.0 Å². The third kappa shape index (κ3) is 3.16. The van der Waals surface area contributed by atoms with E-state index in [-0.39, 0.29) is 5.60 Å². The SMILES string of the molecule is CC(C)(C)OCCN1C[C@H]2CNC[C@H]2C1. The van der Waals surface area contributed by atoms with Crippen LogP contribution in [0, 0.1) is 11.8 Å². The summed E-state index contributed by atoms with van der Waals surface area (Å²) in [6, 6.07) is 0. The predicted molar refractivity (Wildman–Crippen MR) is 62.0 cm³/mol. The van der Waals surface area contributed by atoms with Gasteiger partial charge in [-0.2, -0.15) is 0 Å². The molecule has 2 fully saturated rings. The summed E-state index contributed by atoms with van der Waals surface area (Å²) in [7, 11) is 0. The molecule has 2 atom stereocenters. The fraction of sp³-hybridized carbons (Fsp3) is 1.00. The van der Waals surface area contributed by atoms with Crippen LogP contribution in [0.15, 0.2) is 0 Å². The number of hydrogen-bond donors (Lipinski definition) is 1. The maximum atomic E-state index is 5.76. The zero-order chi connectivity index (χ0) is 10.9. The van der Waals surface area contributed by atoms with Crippen molar-refractivity contribution in [2.75, 3.05) is 39.3 Å². The van der Waals surface area contributed by atoms with Gasteiger partial charge in [-0.3, -0.25) is 0 Å². The van der Waals surface area contributed by atoms with Crippen molar-refractivity contribution in [3.05, 3.63) is 0 Å². The molecule has 0 aromatic carbocycles. The van der Waals surface area contributed by atoms with Gasteiger partial charge in [0.25, 0.3) is 0 Å². The molecule has 2 aliphatic rings. The van der Waals surface area contributed by atoms with Crippen LogP contribution in [0.5, 0.6) is 0 Å². The van der Waals surface area contributed by atoms with Crippen LogP contribution in [0.3, 0.4) is 0 Å². The highest BCUT2D eigenvalue weighted by Gasteiger charge is 2.35. The first-order chi connectivity index (χ1) is 7.04. The second kappa shape index (κ2) is 4.40. The maximum absolute atomic E-state index is 5.76. The van der Waals surface area contributed by atoms with Crippen LogP contribution >= 0.6 is 0 Å². The quantitative estimate of drug-likeness (QED) is 0.754. The maximum Gasteiger partial charge on any atom is 0.0600 e. The van der Waals surface area contributed by atoms with E-state index >= 15 is 0 Å². The summed E-state index contributed by atoms with van der Waals surface area (Å²) in [6.45, 7) is 13.3. The first-order valence-electron chi connectivity index (χ1n) is 6.11. The fourth-order valence-corrected chi connectivity index (χ4v) is 2.62. The van der Waals surface area contributed by atoms with Crippen LogP contribution in [-0.2, 0) is 4.74 Å². The monoisotopic (exact) mass is 212 g/mol. The molecule has 0 unspecified atom stereocenters. The van der Waals surface area contributed by atoms with E-state index in [1.54, 1.807) is 0 Å². The van der Waals surface area contributed by atoms with Crippen molar-refractivity contribution in [1.29, 1.82) is 0 Å². The predicted octanol–water partition coefficient (Wildman–Crippen LogP) is 0.953. The van der Waals surface area contributed by atoms with Gasteiger partial charge in [0.1, 0.15) is 0 Å². The molecule has 3 nitrogen and oxygen atoms in total. The zero-order valence-electron chi connectivity index (χ0n) is 10.3. The molecule has 0 radical (unpaired) electrons. The Kier molecular flexibility index (Phi) is 3.33. The number of likely N-dealkylation sites (tertiary alicyclic amines) is 1. The second-order valence-electron chi connectivity index (χ2n) is 5.90. The Hall–Kier alpha value is -0.120. The molecule has 0 amide bonds. The highest BCUT2D eigenvalue weighted by Crippen LogP contribution is 2.25. The van der Waals surface area contributed by atoms with Crippen LogP contribution < -0.4 is 5.32 Å². The number of ether oxygens (including phenoxy) is 1. The zero-order valence-corrected chi connectivity index (χ0v) is 10.3. The fourth-order valence-electron chi connectivity index (χ4n) is 2.62. The van der Waals surface area contributed by atoms with E-state index in [0.717, 1.165) is 25.0 Å². The van der Waals surface area contributed by atoms with Crippen LogP contribution in [0.2, 0.25) is 0 Å². The first kappa shape index (κ1) is 11.4. The average molecular weight is 212 g/mol. The molecule has 2 rings (SSSR count). The molecule has 1 N–H and O–H groups in total. The van der Waals surface area contributed by atoms with E-state index in [4.69, 9.17) is 4.74 Å². The largest absolute Gasteiger partial charge is 0.375 e. The van der Waals surface area contributed by atoms with Crippen molar-refractivity contribution in [2.45, 2.75) is 26.4 Å². The van der Waals surface area contributed by atoms with Crippen LogP contribution in [0.1, 0.15) is 20.8 Å². The minimum atomic E-state index is 0.0111. The Bertz CT molecular complexity index is 200. The first-order valence-corrected chi connectivity index (χ1v) is 6.11. The normalized spacial score (nSPS) is 32.2. The molecule has 2 heterocycles. The lowest BCUT2D eigenvalue weighted by Gasteiger charge is -2.23. The Morgan fingerprint density at radius 3 is 2.33 bits per heavy atom. The van der Waals surface area contributed by atoms with Gasteiger partial charge >= 0.3 is 0 Å². The Labute approximate surface area is 93.2 Å². The Morgan fingerprint density at radius 2 is 1.80 bits per heavy atom. The lowest BCUT2D eigenvalue weighted by atomic mass is 10.0. The van der Waals surface area contributed by atoms with Crippen LogP contribution in [-0.4, -0.2) is 49.8 Å². The topological polar surface area (TPSA) is 24.5 Å². The summed E-state index contributed by atoms with van der Waals surface area (Å²) in [6.07, 6.45) is 0. The van der Waals surface area contributed by atoms with E-state index in [1.165, 1.54) is 26.2 Å². The molecular weight excluding hydrogens is 188 g/mol. The molecule has 15 heavy (non-hydrogen) atoms. The van der Waals surface area contributed by atoms with Gasteiger partial charge in [0.2, 0.25) is 0 Å². The van der Waals surface area contributed by atoms with E-state index in [9.17, 15) is 0 Å². The van der Waals surface area contributed by atoms with E-state index in [2.05, 4.69) is 31.0 Å². The molecule has 0 bridgehead atoms. The average Bonchev–Trinajstić information content (AvgIpc) is 2.60. The summed E-state index contributed by atoms with van der Waals surface area (Å²) in [5.74, 6) is 1.80. The number of hydrogen-bond acceptors (Lipinski definition) is 3. The molecule has 2 saturated heterocycles. The van der Waals surface area contributed by atoms with Gasteiger partial charge in [-0.1, -0.05) is 0 Å². The van der Waals surface area contributed by atoms with E-state index in [1.807, 2.05) is 0 Å². The summed E-state index contributed by atoms with van der Waals surface area (Å²) in [5.41, 5.74) is 0.0111. The van der Waals surface area contributed by atoms with Gasteiger partial charge in [0.05, 0.1) is 12.2 Å². The summed E-state index contributed by atoms with van der Waals surface area (Å²) >= 11 is 0. The minimum Gasteiger partial charge on any atom is -0.375 e. The number of rotatable bonds is 3. The van der Waals surface area contributed by atoms with Crippen molar-refractivity contribution in [2.24, 2.45) is 11.8 Å². The van der Waals surface area contributed by atoms with Gasteiger partial charge in [0, 0.05) is 19.6 Å². The van der Waals surface area contributed by atoms with Crippen molar-refractivity contribution in [1.82, 2.24) is 10.2 Å². The number of fused-ring (bicyclic) bond motifs is 1. The van der Waals surface area contributed by atoms with E-state index < -0.39 is 0 Å². The standard InChI is InChI=1S/C12H24N2O/c1-12(2,3)15-5-4-14-8-10-6-13-7-11(10)9-14/h10-11,13H,4-9H2,1-3H3/t10-,11+. The third-order valence-electron chi connectivity index (χ3n) is 3.41. The Morgan fingerprint density at radius 1 is 1.20 bits per heavy atom. The van der Waals surface area contributed by atoms with Crippen molar-refractivity contribution in [3.8, 4) is 0 Å². The number of nitrogens with zero attached hydrogens (tertiary/aromatic N) is 1. The molecule has 2 aliphatic heterocycles. The van der Waals surface area contributed by atoms with Crippen molar-refractivity contribution < 1.29 is 4.74 Å². The van der Waals surface area contributed by atoms with Gasteiger partial charge in [0.15, 0.2) is 0 Å². The van der Waals surface area contributed by atoms with Crippen molar-refractivity contribution in [3.63, 3.8) is 0 Å². The number of nitrogens with one attached hydrogen (secondary N) is 1. The van der Waals surface area contributed by atoms with Gasteiger partial charge in [-0.05, 0) is 45.7 Å². The molecular formula is C12H24N2O. The molecule has 88 valence electrons. The lowest BCUT2D eigenvalue weighted by Crippen LogP contribution is -2.31. The highest BCUT2D eigenvalue weighted by atomic mass is 16.5. The smallest absolute Gasteiger partial charge is 0.0600 e. The second-order valence-corrected chi connectivity index (χ2v) is 5.90. The molecule has 0 spiro atoms. The molecule has 0 aliphatic carbocycles. The third-order valence-corrected chi connectivity index (χ3v) is 3.41. The Balaban J connectivity index is 1.65. The van der Waals surface area contributed by atoms with Crippen LogP contribution in [0.25, 0.3) is 0 Å².